The van der Waals surface area contributed by atoms with Crippen LogP contribution < -0.4 is 5.32 Å². The van der Waals surface area contributed by atoms with Gasteiger partial charge in [0.15, 0.2) is 0 Å². The van der Waals surface area contributed by atoms with Crippen molar-refractivity contribution in [1.29, 1.82) is 0 Å². The number of thiazole rings is 1. The van der Waals surface area contributed by atoms with Crippen LogP contribution in [0.15, 0.2) is 29.8 Å². The Balaban J connectivity index is 1.78. The summed E-state index contributed by atoms with van der Waals surface area (Å²) in [6.07, 6.45) is 2.66. The van der Waals surface area contributed by atoms with Gasteiger partial charge in [0, 0.05) is 41.7 Å². The second-order valence-corrected chi connectivity index (χ2v) is 5.00. The Kier molecular flexibility index (Phi) is 4.48. The van der Waals surface area contributed by atoms with Gasteiger partial charge >= 0.3 is 0 Å². The van der Waals surface area contributed by atoms with Crippen molar-refractivity contribution >= 4 is 22.9 Å². The number of hydrogen-bond acceptors (Lipinski definition) is 3. The molecule has 0 bridgehead atoms. The van der Waals surface area contributed by atoms with Gasteiger partial charge in [0.1, 0.15) is 5.82 Å². The Morgan fingerprint density at radius 3 is 3.00 bits per heavy atom. The average Bonchev–Trinajstić information content (AvgIpc) is 2.79. The van der Waals surface area contributed by atoms with E-state index in [0.717, 1.165) is 18.0 Å². The lowest BCUT2D eigenvalue weighted by Crippen LogP contribution is -2.17. The molecule has 1 N–H and O–H groups in total. The van der Waals surface area contributed by atoms with Gasteiger partial charge in [-0.05, 0) is 12.1 Å². The van der Waals surface area contributed by atoms with Crippen molar-refractivity contribution in [2.45, 2.75) is 13.0 Å². The summed E-state index contributed by atoms with van der Waals surface area (Å²) < 4.78 is 13.4. The van der Waals surface area contributed by atoms with E-state index in [1.165, 1.54) is 6.07 Å². The summed E-state index contributed by atoms with van der Waals surface area (Å²) in [6.45, 7) is 1.30. The van der Waals surface area contributed by atoms with Gasteiger partial charge in [0.25, 0.3) is 0 Å². The summed E-state index contributed by atoms with van der Waals surface area (Å²) in [4.78, 5) is 4.18. The van der Waals surface area contributed by atoms with Crippen LogP contribution in [0.5, 0.6) is 0 Å². The number of hydrogen-bond donors (Lipinski definition) is 1. The largest absolute Gasteiger partial charge is 0.312 e. The first-order valence-corrected chi connectivity index (χ1v) is 6.54. The molecule has 1 heterocycles. The summed E-state index contributed by atoms with van der Waals surface area (Å²) in [5, 5.41) is 6.65. The molecule has 0 aliphatic rings. The SMILES string of the molecule is Fc1cc(Cl)ccc1CNCCc1nccs1. The molecule has 0 saturated carbocycles. The van der Waals surface area contributed by atoms with Gasteiger partial charge in [-0.15, -0.1) is 11.3 Å². The predicted octanol–water partition coefficient (Wildman–Crippen LogP) is 3.27. The van der Waals surface area contributed by atoms with E-state index in [1.807, 2.05) is 5.38 Å². The van der Waals surface area contributed by atoms with Crippen molar-refractivity contribution in [2.24, 2.45) is 0 Å². The Morgan fingerprint density at radius 2 is 2.29 bits per heavy atom. The van der Waals surface area contributed by atoms with Crippen LogP contribution in [-0.4, -0.2) is 11.5 Å². The molecule has 0 saturated heterocycles. The number of nitrogens with one attached hydrogen (secondary N) is 1. The first-order valence-electron chi connectivity index (χ1n) is 5.29. The quantitative estimate of drug-likeness (QED) is 0.844. The molecule has 17 heavy (non-hydrogen) atoms. The Labute approximate surface area is 108 Å². The van der Waals surface area contributed by atoms with Crippen LogP contribution in [0.2, 0.25) is 5.02 Å². The van der Waals surface area contributed by atoms with Crippen LogP contribution in [0.4, 0.5) is 4.39 Å². The van der Waals surface area contributed by atoms with E-state index in [2.05, 4.69) is 10.3 Å². The topological polar surface area (TPSA) is 24.9 Å². The van der Waals surface area contributed by atoms with Gasteiger partial charge in [-0.25, -0.2) is 9.37 Å². The highest BCUT2D eigenvalue weighted by Crippen LogP contribution is 2.14. The molecule has 2 aromatic rings. The molecule has 0 aliphatic heterocycles. The van der Waals surface area contributed by atoms with Gasteiger partial charge in [-0.3, -0.25) is 0 Å². The molecule has 0 unspecified atom stereocenters. The van der Waals surface area contributed by atoms with Gasteiger partial charge < -0.3 is 5.32 Å². The summed E-state index contributed by atoms with van der Waals surface area (Å²) in [6, 6.07) is 4.73. The predicted molar refractivity (Wildman–Crippen MR) is 68.9 cm³/mol. The Bertz CT molecular complexity index is 473. The second kappa shape index (κ2) is 6.10. The Hall–Kier alpha value is -0.970. The fourth-order valence-corrected chi connectivity index (χ4v) is 2.24. The third-order valence-electron chi connectivity index (χ3n) is 2.33. The third kappa shape index (κ3) is 3.77. The molecule has 2 rings (SSSR count). The molecule has 1 aromatic heterocycles. The zero-order valence-corrected chi connectivity index (χ0v) is 10.7. The van der Waals surface area contributed by atoms with Crippen molar-refractivity contribution in [1.82, 2.24) is 10.3 Å². The van der Waals surface area contributed by atoms with Crippen LogP contribution in [0.1, 0.15) is 10.6 Å². The van der Waals surface area contributed by atoms with Crippen LogP contribution in [0.3, 0.4) is 0 Å². The lowest BCUT2D eigenvalue weighted by Gasteiger charge is -2.05. The highest BCUT2D eigenvalue weighted by molar-refractivity contribution is 7.09. The van der Waals surface area contributed by atoms with E-state index >= 15 is 0 Å². The van der Waals surface area contributed by atoms with Gasteiger partial charge in [0.2, 0.25) is 0 Å². The zero-order chi connectivity index (χ0) is 12.1. The minimum absolute atomic E-state index is 0.265. The lowest BCUT2D eigenvalue weighted by atomic mass is 10.2. The normalized spacial score (nSPS) is 10.7. The number of nitrogens with zero attached hydrogens (tertiary/aromatic N) is 1. The molecule has 0 aliphatic carbocycles. The second-order valence-electron chi connectivity index (χ2n) is 3.59. The monoisotopic (exact) mass is 270 g/mol. The van der Waals surface area contributed by atoms with Crippen molar-refractivity contribution in [3.63, 3.8) is 0 Å². The molecule has 0 radical (unpaired) electrons. The van der Waals surface area contributed by atoms with Gasteiger partial charge in [-0.1, -0.05) is 17.7 Å². The van der Waals surface area contributed by atoms with E-state index in [4.69, 9.17) is 11.6 Å². The molecular weight excluding hydrogens is 259 g/mol. The van der Waals surface area contributed by atoms with Crippen LogP contribution in [-0.2, 0) is 13.0 Å². The lowest BCUT2D eigenvalue weighted by molar-refractivity contribution is 0.588. The van der Waals surface area contributed by atoms with E-state index in [-0.39, 0.29) is 5.82 Å². The molecule has 0 spiro atoms. The van der Waals surface area contributed by atoms with Gasteiger partial charge in [0.05, 0.1) is 5.01 Å². The smallest absolute Gasteiger partial charge is 0.129 e. The fourth-order valence-electron chi connectivity index (χ4n) is 1.46. The molecule has 90 valence electrons. The van der Waals surface area contributed by atoms with E-state index in [9.17, 15) is 4.39 Å². The standard InChI is InChI=1S/C12H12ClFN2S/c13-10-2-1-9(11(14)7-10)8-15-4-3-12-16-5-6-17-12/h1-2,5-7,15H,3-4,8H2. The summed E-state index contributed by atoms with van der Waals surface area (Å²) in [5.41, 5.74) is 0.633. The molecular formula is C12H12ClFN2S. The molecule has 1 aromatic carbocycles. The van der Waals surface area contributed by atoms with Crippen molar-refractivity contribution in [2.75, 3.05) is 6.54 Å². The zero-order valence-electron chi connectivity index (χ0n) is 9.12. The maximum absolute atomic E-state index is 13.4. The first-order chi connectivity index (χ1) is 8.25. The molecule has 2 nitrogen and oxygen atoms in total. The highest BCUT2D eigenvalue weighted by atomic mass is 35.5. The van der Waals surface area contributed by atoms with Crippen LogP contribution >= 0.6 is 22.9 Å². The number of halogens is 2. The van der Waals surface area contributed by atoms with E-state index in [1.54, 1.807) is 29.7 Å². The highest BCUT2D eigenvalue weighted by Gasteiger charge is 2.02. The molecule has 0 atom stereocenters. The summed E-state index contributed by atoms with van der Waals surface area (Å²) in [5.74, 6) is -0.265. The van der Waals surface area contributed by atoms with Crippen molar-refractivity contribution < 1.29 is 4.39 Å². The number of aromatic nitrogens is 1. The maximum Gasteiger partial charge on any atom is 0.129 e. The van der Waals surface area contributed by atoms with Crippen molar-refractivity contribution in [3.8, 4) is 0 Å². The average molecular weight is 271 g/mol. The first kappa shape index (κ1) is 12.5. The maximum atomic E-state index is 13.4. The van der Waals surface area contributed by atoms with Crippen LogP contribution in [0, 0.1) is 5.82 Å². The van der Waals surface area contributed by atoms with Gasteiger partial charge in [-0.2, -0.15) is 0 Å². The van der Waals surface area contributed by atoms with Crippen LogP contribution in [0.25, 0.3) is 0 Å². The summed E-state index contributed by atoms with van der Waals surface area (Å²) in [7, 11) is 0. The molecule has 5 heteroatoms. The Morgan fingerprint density at radius 1 is 1.41 bits per heavy atom. The van der Waals surface area contributed by atoms with E-state index < -0.39 is 0 Å². The molecule has 0 amide bonds. The number of rotatable bonds is 5. The number of benzene rings is 1. The van der Waals surface area contributed by atoms with Crippen molar-refractivity contribution in [3.05, 3.63) is 51.2 Å². The fraction of sp³-hybridized carbons (Fsp3) is 0.250. The third-order valence-corrected chi connectivity index (χ3v) is 3.40. The minimum Gasteiger partial charge on any atom is -0.312 e. The molecule has 0 fully saturated rings. The minimum atomic E-state index is -0.265. The van der Waals surface area contributed by atoms with E-state index in [0.29, 0.717) is 17.1 Å². The summed E-state index contributed by atoms with van der Waals surface area (Å²) >= 11 is 7.31.